The summed E-state index contributed by atoms with van der Waals surface area (Å²) in [5.74, 6) is 14.8. The van der Waals surface area contributed by atoms with Crippen LogP contribution in [0.15, 0.2) is 72.8 Å². The Morgan fingerprint density at radius 3 is 1.00 bits per heavy atom. The van der Waals surface area contributed by atoms with Crippen LogP contribution < -0.4 is 9.47 Å². The third-order valence-electron chi connectivity index (χ3n) is 6.33. The number of hydrogen-bond acceptors (Lipinski definition) is 2. The zero-order chi connectivity index (χ0) is 26.7. The Balaban J connectivity index is 1.43. The summed E-state index contributed by atoms with van der Waals surface area (Å²) < 4.78 is 11.7. The van der Waals surface area contributed by atoms with Crippen molar-refractivity contribution in [3.63, 3.8) is 0 Å². The van der Waals surface area contributed by atoms with Gasteiger partial charge in [0.05, 0.1) is 13.2 Å². The van der Waals surface area contributed by atoms with E-state index in [1.54, 1.807) is 0 Å². The Bertz CT molecular complexity index is 1070. The first-order valence-corrected chi connectivity index (χ1v) is 14.4. The molecular weight excluding hydrogens is 464 g/mol. The van der Waals surface area contributed by atoms with Gasteiger partial charge in [-0.25, -0.2) is 0 Å². The van der Waals surface area contributed by atoms with Crippen LogP contribution >= 0.6 is 0 Å². The minimum Gasteiger partial charge on any atom is -0.494 e. The Hall–Kier alpha value is -3.62. The van der Waals surface area contributed by atoms with Gasteiger partial charge in [-0.05, 0) is 85.6 Å². The molecule has 3 aromatic rings. The van der Waals surface area contributed by atoms with E-state index in [0.717, 1.165) is 59.8 Å². The van der Waals surface area contributed by atoms with E-state index in [4.69, 9.17) is 9.47 Å². The zero-order valence-corrected chi connectivity index (χ0v) is 23.2. The summed E-state index contributed by atoms with van der Waals surface area (Å²) in [6, 6.07) is 24.1. The number of hydrogen-bond donors (Lipinski definition) is 0. The van der Waals surface area contributed by atoms with Crippen molar-refractivity contribution in [3.8, 4) is 35.2 Å². The Kier molecular flexibility index (Phi) is 13.5. The van der Waals surface area contributed by atoms with E-state index in [2.05, 4.69) is 37.5 Å². The summed E-state index contributed by atoms with van der Waals surface area (Å²) in [4.78, 5) is 0. The molecule has 38 heavy (non-hydrogen) atoms. The number of unbranched alkanes of at least 4 members (excludes halogenated alkanes) is 8. The molecule has 0 atom stereocenters. The van der Waals surface area contributed by atoms with Crippen molar-refractivity contribution in [2.45, 2.75) is 78.1 Å². The van der Waals surface area contributed by atoms with E-state index >= 15 is 0 Å². The molecular formula is C36H42O2. The molecule has 0 spiro atoms. The second-order valence-corrected chi connectivity index (χ2v) is 9.65. The van der Waals surface area contributed by atoms with Crippen LogP contribution in [-0.4, -0.2) is 13.2 Å². The Morgan fingerprint density at radius 1 is 0.395 bits per heavy atom. The van der Waals surface area contributed by atoms with Gasteiger partial charge in [-0.1, -0.05) is 88.9 Å². The van der Waals surface area contributed by atoms with Crippen LogP contribution in [0.25, 0.3) is 0 Å². The van der Waals surface area contributed by atoms with Gasteiger partial charge < -0.3 is 9.47 Å². The average molecular weight is 507 g/mol. The van der Waals surface area contributed by atoms with Crippen LogP contribution in [0.3, 0.4) is 0 Å². The van der Waals surface area contributed by atoms with Gasteiger partial charge >= 0.3 is 0 Å². The van der Waals surface area contributed by atoms with Crippen LogP contribution in [0, 0.1) is 23.7 Å². The molecule has 3 aromatic carbocycles. The van der Waals surface area contributed by atoms with Crippen LogP contribution in [0.2, 0.25) is 0 Å². The predicted octanol–water partition coefficient (Wildman–Crippen LogP) is 9.18. The summed E-state index contributed by atoms with van der Waals surface area (Å²) in [6.07, 6.45) is 12.5. The first kappa shape index (κ1) is 28.9. The van der Waals surface area contributed by atoms with Crippen molar-refractivity contribution in [1.82, 2.24) is 0 Å². The first-order chi connectivity index (χ1) is 18.8. The third kappa shape index (κ3) is 11.6. The second kappa shape index (κ2) is 17.8. The summed E-state index contributed by atoms with van der Waals surface area (Å²) in [5, 5.41) is 0. The first-order valence-electron chi connectivity index (χ1n) is 14.4. The molecule has 0 N–H and O–H groups in total. The highest BCUT2D eigenvalue weighted by molar-refractivity contribution is 5.48. The highest BCUT2D eigenvalue weighted by Gasteiger charge is 1.97. The predicted molar refractivity (Wildman–Crippen MR) is 160 cm³/mol. The Morgan fingerprint density at radius 2 is 0.684 bits per heavy atom. The lowest BCUT2D eigenvalue weighted by atomic mass is 10.1. The number of benzene rings is 3. The molecule has 0 radical (unpaired) electrons. The van der Waals surface area contributed by atoms with Crippen molar-refractivity contribution < 1.29 is 9.47 Å². The maximum atomic E-state index is 5.84. The summed E-state index contributed by atoms with van der Waals surface area (Å²) in [6.45, 7) is 6.03. The molecule has 0 aliphatic carbocycles. The fraction of sp³-hybridized carbons (Fsp3) is 0.389. The monoisotopic (exact) mass is 506 g/mol. The zero-order valence-electron chi connectivity index (χ0n) is 23.2. The van der Waals surface area contributed by atoms with Gasteiger partial charge in [0.2, 0.25) is 0 Å². The minimum atomic E-state index is 0.781. The van der Waals surface area contributed by atoms with E-state index < -0.39 is 0 Å². The van der Waals surface area contributed by atoms with Crippen molar-refractivity contribution in [1.29, 1.82) is 0 Å². The normalized spacial score (nSPS) is 10.2. The van der Waals surface area contributed by atoms with Gasteiger partial charge in [-0.15, -0.1) is 0 Å². The van der Waals surface area contributed by atoms with Gasteiger partial charge in [-0.2, -0.15) is 0 Å². The van der Waals surface area contributed by atoms with Crippen LogP contribution in [0.4, 0.5) is 0 Å². The molecule has 0 aliphatic rings. The largest absolute Gasteiger partial charge is 0.494 e. The molecule has 0 heterocycles. The molecule has 3 rings (SSSR count). The third-order valence-corrected chi connectivity index (χ3v) is 6.33. The van der Waals surface area contributed by atoms with Crippen LogP contribution in [0.1, 0.15) is 100 Å². The molecule has 0 aromatic heterocycles. The average Bonchev–Trinajstić information content (AvgIpc) is 2.96. The molecule has 0 bridgehead atoms. The van der Waals surface area contributed by atoms with E-state index in [-0.39, 0.29) is 0 Å². The molecule has 0 fully saturated rings. The van der Waals surface area contributed by atoms with Gasteiger partial charge in [0.15, 0.2) is 0 Å². The maximum absolute atomic E-state index is 5.84. The molecule has 198 valence electrons. The Labute approximate surface area is 230 Å². The quantitative estimate of drug-likeness (QED) is 0.160. The number of rotatable bonds is 14. The minimum absolute atomic E-state index is 0.781. The molecule has 0 saturated heterocycles. The molecule has 0 unspecified atom stereocenters. The van der Waals surface area contributed by atoms with Crippen molar-refractivity contribution in [2.75, 3.05) is 13.2 Å². The van der Waals surface area contributed by atoms with E-state index in [1.807, 2.05) is 72.8 Å². The van der Waals surface area contributed by atoms with Gasteiger partial charge in [0.25, 0.3) is 0 Å². The summed E-state index contributed by atoms with van der Waals surface area (Å²) >= 11 is 0. The maximum Gasteiger partial charge on any atom is 0.119 e. The van der Waals surface area contributed by atoms with Gasteiger partial charge in [0, 0.05) is 22.3 Å². The lowest BCUT2D eigenvalue weighted by Crippen LogP contribution is -1.97. The molecule has 0 saturated carbocycles. The standard InChI is InChI=1S/C36H42O2/c1-3-5-7-9-11-29-37-35-25-21-33(22-26-35)19-17-31-13-15-32(16-14-31)18-20-34-23-27-36(28-24-34)38-30-12-10-8-6-4-2/h13-16,21-28H,3-12,29-30H2,1-2H3. The lowest BCUT2D eigenvalue weighted by Gasteiger charge is -2.05. The van der Waals surface area contributed by atoms with Gasteiger partial charge in [0.1, 0.15) is 11.5 Å². The van der Waals surface area contributed by atoms with Crippen molar-refractivity contribution in [2.24, 2.45) is 0 Å². The highest BCUT2D eigenvalue weighted by Crippen LogP contribution is 2.14. The second-order valence-electron chi connectivity index (χ2n) is 9.65. The van der Waals surface area contributed by atoms with Crippen LogP contribution in [-0.2, 0) is 0 Å². The fourth-order valence-corrected chi connectivity index (χ4v) is 3.99. The fourth-order valence-electron chi connectivity index (χ4n) is 3.99. The molecule has 2 nitrogen and oxygen atoms in total. The van der Waals surface area contributed by atoms with E-state index in [0.29, 0.717) is 0 Å². The SMILES string of the molecule is CCCCCCCOc1ccc(C#Cc2ccc(C#Cc3ccc(OCCCCCCC)cc3)cc2)cc1. The summed E-state index contributed by atoms with van der Waals surface area (Å²) in [5.41, 5.74) is 3.90. The summed E-state index contributed by atoms with van der Waals surface area (Å²) in [7, 11) is 0. The van der Waals surface area contributed by atoms with E-state index in [9.17, 15) is 0 Å². The lowest BCUT2D eigenvalue weighted by molar-refractivity contribution is 0.304. The molecule has 2 heteroatoms. The van der Waals surface area contributed by atoms with Crippen molar-refractivity contribution in [3.05, 3.63) is 95.1 Å². The van der Waals surface area contributed by atoms with Gasteiger partial charge in [-0.3, -0.25) is 0 Å². The molecule has 0 amide bonds. The molecule has 0 aliphatic heterocycles. The van der Waals surface area contributed by atoms with E-state index in [1.165, 1.54) is 51.4 Å². The topological polar surface area (TPSA) is 18.5 Å². The smallest absolute Gasteiger partial charge is 0.119 e. The number of ether oxygens (including phenoxy) is 2. The highest BCUT2D eigenvalue weighted by atomic mass is 16.5. The van der Waals surface area contributed by atoms with Crippen molar-refractivity contribution >= 4 is 0 Å². The van der Waals surface area contributed by atoms with Crippen LogP contribution in [0.5, 0.6) is 11.5 Å².